The van der Waals surface area contributed by atoms with E-state index >= 15 is 0 Å². The van der Waals surface area contributed by atoms with Gasteiger partial charge in [0.2, 0.25) is 11.7 Å². The first-order valence-electron chi connectivity index (χ1n) is 6.86. The van der Waals surface area contributed by atoms with Crippen LogP contribution in [0.1, 0.15) is 37.1 Å². The number of nitrogens with one attached hydrogen (secondary N) is 1. The smallest absolute Gasteiger partial charge is 0.230 e. The van der Waals surface area contributed by atoms with Crippen LogP contribution in [0.5, 0.6) is 0 Å². The van der Waals surface area contributed by atoms with E-state index in [0.29, 0.717) is 17.8 Å². The third kappa shape index (κ3) is 2.68. The van der Waals surface area contributed by atoms with Crippen LogP contribution in [0.2, 0.25) is 0 Å². The van der Waals surface area contributed by atoms with Crippen LogP contribution < -0.4 is 5.32 Å². The van der Waals surface area contributed by atoms with E-state index < -0.39 is 0 Å². The molecule has 2 atom stereocenters. The SMILES string of the molecule is Cc1ccc(-c2noc([C@H]3CCN[C@@H](C)C3)n2)cc1. The maximum Gasteiger partial charge on any atom is 0.230 e. The van der Waals surface area contributed by atoms with Crippen molar-refractivity contribution in [1.82, 2.24) is 15.5 Å². The summed E-state index contributed by atoms with van der Waals surface area (Å²) in [5.41, 5.74) is 2.25. The Bertz CT molecular complexity index is 547. The highest BCUT2D eigenvalue weighted by atomic mass is 16.5. The zero-order valence-corrected chi connectivity index (χ0v) is 11.4. The van der Waals surface area contributed by atoms with Gasteiger partial charge in [0.25, 0.3) is 0 Å². The van der Waals surface area contributed by atoms with Crippen molar-refractivity contribution in [2.75, 3.05) is 6.54 Å². The van der Waals surface area contributed by atoms with Crippen LogP contribution >= 0.6 is 0 Å². The number of piperidine rings is 1. The Morgan fingerprint density at radius 2 is 2.05 bits per heavy atom. The number of rotatable bonds is 2. The molecule has 0 unspecified atom stereocenters. The summed E-state index contributed by atoms with van der Waals surface area (Å²) < 4.78 is 5.45. The zero-order chi connectivity index (χ0) is 13.2. The lowest BCUT2D eigenvalue weighted by Crippen LogP contribution is -2.34. The minimum Gasteiger partial charge on any atom is -0.339 e. The zero-order valence-electron chi connectivity index (χ0n) is 11.4. The number of aromatic nitrogens is 2. The fourth-order valence-corrected chi connectivity index (χ4v) is 2.58. The van der Waals surface area contributed by atoms with Crippen molar-refractivity contribution in [3.8, 4) is 11.4 Å². The van der Waals surface area contributed by atoms with Gasteiger partial charge in [0.05, 0.1) is 0 Å². The maximum atomic E-state index is 5.45. The number of benzene rings is 1. The quantitative estimate of drug-likeness (QED) is 0.898. The molecule has 1 aromatic carbocycles. The van der Waals surface area contributed by atoms with Crippen molar-refractivity contribution in [2.45, 2.75) is 38.6 Å². The lowest BCUT2D eigenvalue weighted by Gasteiger charge is -2.25. The van der Waals surface area contributed by atoms with E-state index in [4.69, 9.17) is 4.52 Å². The lowest BCUT2D eigenvalue weighted by molar-refractivity contribution is 0.295. The number of hydrogen-bond donors (Lipinski definition) is 1. The summed E-state index contributed by atoms with van der Waals surface area (Å²) in [5.74, 6) is 1.87. The number of nitrogens with zero attached hydrogens (tertiary/aromatic N) is 2. The van der Waals surface area contributed by atoms with Crippen LogP contribution in [0.25, 0.3) is 11.4 Å². The Balaban J connectivity index is 1.81. The van der Waals surface area contributed by atoms with Crippen LogP contribution in [0.4, 0.5) is 0 Å². The molecule has 3 rings (SSSR count). The van der Waals surface area contributed by atoms with Crippen molar-refractivity contribution in [2.24, 2.45) is 0 Å². The van der Waals surface area contributed by atoms with Gasteiger partial charge in [0, 0.05) is 17.5 Å². The molecule has 0 amide bonds. The summed E-state index contributed by atoms with van der Waals surface area (Å²) in [4.78, 5) is 4.56. The summed E-state index contributed by atoms with van der Waals surface area (Å²) in [6, 6.07) is 8.73. The first-order chi connectivity index (χ1) is 9.22. The van der Waals surface area contributed by atoms with Gasteiger partial charge in [-0.05, 0) is 33.2 Å². The molecule has 0 saturated carbocycles. The largest absolute Gasteiger partial charge is 0.339 e. The molecule has 1 aromatic heterocycles. The van der Waals surface area contributed by atoms with Gasteiger partial charge >= 0.3 is 0 Å². The molecule has 0 bridgehead atoms. The Hall–Kier alpha value is -1.68. The van der Waals surface area contributed by atoms with Gasteiger partial charge in [-0.15, -0.1) is 0 Å². The minimum atomic E-state index is 0.392. The Labute approximate surface area is 113 Å². The lowest BCUT2D eigenvalue weighted by atomic mass is 9.93. The van der Waals surface area contributed by atoms with Gasteiger partial charge < -0.3 is 9.84 Å². The van der Waals surface area contributed by atoms with Crippen LogP contribution in [0.3, 0.4) is 0 Å². The molecule has 4 nitrogen and oxygen atoms in total. The molecule has 1 saturated heterocycles. The summed E-state index contributed by atoms with van der Waals surface area (Å²) >= 11 is 0. The van der Waals surface area contributed by atoms with Crippen molar-refractivity contribution in [3.63, 3.8) is 0 Å². The van der Waals surface area contributed by atoms with Gasteiger partial charge in [-0.1, -0.05) is 35.0 Å². The predicted octanol–water partition coefficient (Wildman–Crippen LogP) is 2.90. The Kier molecular flexibility index (Phi) is 3.34. The highest BCUT2D eigenvalue weighted by molar-refractivity contribution is 5.54. The normalized spacial score (nSPS) is 23.5. The molecular formula is C15H19N3O. The van der Waals surface area contributed by atoms with Crippen molar-refractivity contribution >= 4 is 0 Å². The molecule has 2 heterocycles. The van der Waals surface area contributed by atoms with E-state index in [2.05, 4.69) is 41.4 Å². The van der Waals surface area contributed by atoms with Gasteiger partial charge in [0.1, 0.15) is 0 Å². The van der Waals surface area contributed by atoms with Gasteiger partial charge in [-0.2, -0.15) is 4.98 Å². The first-order valence-corrected chi connectivity index (χ1v) is 6.86. The fraction of sp³-hybridized carbons (Fsp3) is 0.467. The molecule has 0 spiro atoms. The van der Waals surface area contributed by atoms with E-state index in [1.807, 2.05) is 12.1 Å². The van der Waals surface area contributed by atoms with Crippen LogP contribution in [-0.2, 0) is 0 Å². The molecule has 1 N–H and O–H groups in total. The minimum absolute atomic E-state index is 0.392. The average Bonchev–Trinajstić information content (AvgIpc) is 2.89. The van der Waals surface area contributed by atoms with Crippen molar-refractivity contribution < 1.29 is 4.52 Å². The topological polar surface area (TPSA) is 51.0 Å². The average molecular weight is 257 g/mol. The maximum absolute atomic E-state index is 5.45. The molecule has 1 aliphatic rings. The van der Waals surface area contributed by atoms with E-state index in [1.165, 1.54) is 5.56 Å². The second-order valence-electron chi connectivity index (χ2n) is 5.40. The van der Waals surface area contributed by atoms with Gasteiger partial charge in [-0.3, -0.25) is 0 Å². The second-order valence-corrected chi connectivity index (χ2v) is 5.40. The molecule has 0 radical (unpaired) electrons. The van der Waals surface area contributed by atoms with E-state index in [9.17, 15) is 0 Å². The van der Waals surface area contributed by atoms with Crippen LogP contribution in [0.15, 0.2) is 28.8 Å². The summed E-state index contributed by atoms with van der Waals surface area (Å²) in [6.07, 6.45) is 2.13. The highest BCUT2D eigenvalue weighted by Gasteiger charge is 2.25. The first kappa shape index (κ1) is 12.4. The molecule has 2 aromatic rings. The van der Waals surface area contributed by atoms with Crippen molar-refractivity contribution in [1.29, 1.82) is 0 Å². The molecule has 0 aliphatic carbocycles. The Morgan fingerprint density at radius 3 is 2.79 bits per heavy atom. The van der Waals surface area contributed by atoms with E-state index in [1.54, 1.807) is 0 Å². The molecular weight excluding hydrogens is 238 g/mol. The third-order valence-corrected chi connectivity index (χ3v) is 3.72. The molecule has 4 heteroatoms. The molecule has 1 fully saturated rings. The summed E-state index contributed by atoms with van der Waals surface area (Å²) in [5, 5.41) is 7.55. The summed E-state index contributed by atoms with van der Waals surface area (Å²) in [7, 11) is 0. The Morgan fingerprint density at radius 1 is 1.26 bits per heavy atom. The van der Waals surface area contributed by atoms with E-state index in [-0.39, 0.29) is 0 Å². The second kappa shape index (κ2) is 5.13. The van der Waals surface area contributed by atoms with Gasteiger partial charge in [-0.25, -0.2) is 0 Å². The van der Waals surface area contributed by atoms with Crippen LogP contribution in [0, 0.1) is 6.92 Å². The third-order valence-electron chi connectivity index (χ3n) is 3.72. The number of aryl methyl sites for hydroxylation is 1. The predicted molar refractivity (Wildman–Crippen MR) is 73.9 cm³/mol. The van der Waals surface area contributed by atoms with Crippen molar-refractivity contribution in [3.05, 3.63) is 35.7 Å². The summed E-state index contributed by atoms with van der Waals surface area (Å²) in [6.45, 7) is 5.29. The number of hydrogen-bond acceptors (Lipinski definition) is 4. The monoisotopic (exact) mass is 257 g/mol. The van der Waals surface area contributed by atoms with Crippen LogP contribution in [-0.4, -0.2) is 22.7 Å². The molecule has 1 aliphatic heterocycles. The molecule has 100 valence electrons. The highest BCUT2D eigenvalue weighted by Crippen LogP contribution is 2.28. The molecule has 19 heavy (non-hydrogen) atoms. The fourth-order valence-electron chi connectivity index (χ4n) is 2.58. The standard InChI is InChI=1S/C15H19N3O/c1-10-3-5-12(6-4-10)14-17-15(19-18-14)13-7-8-16-11(2)9-13/h3-6,11,13,16H,7-9H2,1-2H3/t11-,13-/m0/s1. The van der Waals surface area contributed by atoms with Gasteiger partial charge in [0.15, 0.2) is 0 Å². The van der Waals surface area contributed by atoms with E-state index in [0.717, 1.165) is 30.8 Å².